The lowest BCUT2D eigenvalue weighted by Crippen LogP contribution is -2.62. The maximum atomic E-state index is 5.87. The number of hydrogen-bond acceptors (Lipinski definition) is 4. The highest BCUT2D eigenvalue weighted by Crippen LogP contribution is 2.22. The van der Waals surface area contributed by atoms with Crippen molar-refractivity contribution in [3.05, 3.63) is 0 Å². The first-order valence-electron chi connectivity index (χ1n) is 5.61. The molecule has 0 aromatic carbocycles. The second kappa shape index (κ2) is 5.25. The molecule has 15 heavy (non-hydrogen) atoms. The van der Waals surface area contributed by atoms with Crippen molar-refractivity contribution in [2.75, 3.05) is 33.4 Å². The Labute approximate surface area is 92.7 Å². The maximum Gasteiger partial charge on any atom is 0.0675 e. The van der Waals surface area contributed by atoms with E-state index in [1.54, 1.807) is 7.11 Å². The zero-order valence-electron chi connectivity index (χ0n) is 10.3. The second-order valence-electron chi connectivity index (χ2n) is 4.78. The van der Waals surface area contributed by atoms with Gasteiger partial charge in [-0.15, -0.1) is 0 Å². The van der Waals surface area contributed by atoms with Gasteiger partial charge in [-0.2, -0.15) is 0 Å². The van der Waals surface area contributed by atoms with E-state index in [1.807, 2.05) is 0 Å². The van der Waals surface area contributed by atoms with Crippen LogP contribution in [0.4, 0.5) is 0 Å². The molecule has 1 fully saturated rings. The fraction of sp³-hybridized carbons (Fsp3) is 1.00. The number of rotatable bonds is 4. The van der Waals surface area contributed by atoms with Crippen LogP contribution in [0.15, 0.2) is 0 Å². The van der Waals surface area contributed by atoms with E-state index in [4.69, 9.17) is 15.2 Å². The van der Waals surface area contributed by atoms with E-state index >= 15 is 0 Å². The Balaban J connectivity index is 2.72. The van der Waals surface area contributed by atoms with Gasteiger partial charge in [-0.3, -0.25) is 4.90 Å². The van der Waals surface area contributed by atoms with Crippen LogP contribution in [0.3, 0.4) is 0 Å². The minimum atomic E-state index is -0.0772. The first-order valence-corrected chi connectivity index (χ1v) is 5.61. The lowest BCUT2D eigenvalue weighted by Gasteiger charge is -2.47. The monoisotopic (exact) mass is 216 g/mol. The fourth-order valence-corrected chi connectivity index (χ4v) is 2.23. The van der Waals surface area contributed by atoms with Crippen LogP contribution >= 0.6 is 0 Å². The number of hydrogen-bond donors (Lipinski definition) is 1. The molecule has 1 saturated heterocycles. The molecule has 90 valence electrons. The molecule has 0 aromatic heterocycles. The fourth-order valence-electron chi connectivity index (χ4n) is 2.23. The van der Waals surface area contributed by atoms with Crippen molar-refractivity contribution in [3.63, 3.8) is 0 Å². The van der Waals surface area contributed by atoms with Gasteiger partial charge in [0.05, 0.1) is 24.9 Å². The first-order chi connectivity index (χ1) is 7.03. The molecule has 1 aliphatic rings. The van der Waals surface area contributed by atoms with E-state index in [1.165, 1.54) is 0 Å². The van der Waals surface area contributed by atoms with Gasteiger partial charge in [-0.25, -0.2) is 0 Å². The molecule has 0 radical (unpaired) electrons. The Hall–Kier alpha value is -0.160. The van der Waals surface area contributed by atoms with Gasteiger partial charge in [-0.05, 0) is 20.8 Å². The van der Waals surface area contributed by atoms with Crippen molar-refractivity contribution in [3.8, 4) is 0 Å². The highest BCUT2D eigenvalue weighted by atomic mass is 16.5. The summed E-state index contributed by atoms with van der Waals surface area (Å²) in [5, 5.41) is 0. The maximum absolute atomic E-state index is 5.87. The van der Waals surface area contributed by atoms with Gasteiger partial charge < -0.3 is 15.2 Å². The summed E-state index contributed by atoms with van der Waals surface area (Å²) in [4.78, 5) is 2.41. The largest absolute Gasteiger partial charge is 0.383 e. The molecule has 0 amide bonds. The summed E-state index contributed by atoms with van der Waals surface area (Å²) < 4.78 is 10.9. The van der Waals surface area contributed by atoms with E-state index in [2.05, 4.69) is 25.7 Å². The summed E-state index contributed by atoms with van der Waals surface area (Å²) in [6, 6.07) is 0.407. The highest BCUT2D eigenvalue weighted by Gasteiger charge is 2.37. The number of nitrogens with zero attached hydrogens (tertiary/aromatic N) is 1. The molecular formula is C11H24N2O2. The SMILES string of the molecule is COCC(C)(CN)N1CC(C)OCC1C. The zero-order valence-corrected chi connectivity index (χ0v) is 10.3. The van der Waals surface area contributed by atoms with Crippen LogP contribution < -0.4 is 5.73 Å². The first kappa shape index (κ1) is 12.9. The molecule has 0 aliphatic carbocycles. The number of morpholine rings is 1. The molecule has 3 atom stereocenters. The molecular weight excluding hydrogens is 192 g/mol. The third-order valence-corrected chi connectivity index (χ3v) is 3.20. The van der Waals surface area contributed by atoms with Crippen molar-refractivity contribution < 1.29 is 9.47 Å². The normalized spacial score (nSPS) is 32.6. The molecule has 1 aliphatic heterocycles. The standard InChI is InChI=1S/C11H24N2O2/c1-9-6-15-10(2)5-13(9)11(3,7-12)8-14-4/h9-10H,5-8,12H2,1-4H3. The summed E-state index contributed by atoms with van der Waals surface area (Å²) in [5.74, 6) is 0. The van der Waals surface area contributed by atoms with Gasteiger partial charge >= 0.3 is 0 Å². The van der Waals surface area contributed by atoms with Gasteiger partial charge in [-0.1, -0.05) is 0 Å². The van der Waals surface area contributed by atoms with Crippen LogP contribution in [0.25, 0.3) is 0 Å². The number of ether oxygens (including phenoxy) is 2. The molecule has 4 heteroatoms. The highest BCUT2D eigenvalue weighted by molar-refractivity contribution is 4.92. The molecule has 2 N–H and O–H groups in total. The van der Waals surface area contributed by atoms with Crippen molar-refractivity contribution in [1.82, 2.24) is 4.90 Å². The molecule has 0 bridgehead atoms. The van der Waals surface area contributed by atoms with Crippen molar-refractivity contribution >= 4 is 0 Å². The summed E-state index contributed by atoms with van der Waals surface area (Å²) >= 11 is 0. The van der Waals surface area contributed by atoms with Crippen molar-refractivity contribution in [2.24, 2.45) is 5.73 Å². The second-order valence-corrected chi connectivity index (χ2v) is 4.78. The van der Waals surface area contributed by atoms with E-state index in [0.29, 0.717) is 19.2 Å². The lowest BCUT2D eigenvalue weighted by molar-refractivity contribution is -0.103. The smallest absolute Gasteiger partial charge is 0.0675 e. The topological polar surface area (TPSA) is 47.7 Å². The van der Waals surface area contributed by atoms with Gasteiger partial charge in [0.15, 0.2) is 0 Å². The van der Waals surface area contributed by atoms with Gasteiger partial charge in [0.25, 0.3) is 0 Å². The average Bonchev–Trinajstić information content (AvgIpc) is 2.22. The summed E-state index contributed by atoms with van der Waals surface area (Å²) in [6.07, 6.45) is 0.281. The third-order valence-electron chi connectivity index (χ3n) is 3.20. The molecule has 0 spiro atoms. The summed E-state index contributed by atoms with van der Waals surface area (Å²) in [6.45, 7) is 9.42. The predicted molar refractivity (Wildman–Crippen MR) is 60.9 cm³/mol. The Morgan fingerprint density at radius 1 is 1.53 bits per heavy atom. The van der Waals surface area contributed by atoms with Crippen LogP contribution in [0, 0.1) is 0 Å². The third kappa shape index (κ3) is 2.91. The summed E-state index contributed by atoms with van der Waals surface area (Å²) in [7, 11) is 1.72. The average molecular weight is 216 g/mol. The lowest BCUT2D eigenvalue weighted by atomic mass is 9.97. The number of nitrogens with two attached hydrogens (primary N) is 1. The van der Waals surface area contributed by atoms with Crippen LogP contribution in [0.2, 0.25) is 0 Å². The quantitative estimate of drug-likeness (QED) is 0.741. The van der Waals surface area contributed by atoms with Crippen LogP contribution in [0.1, 0.15) is 20.8 Å². The molecule has 3 unspecified atom stereocenters. The van der Waals surface area contributed by atoms with E-state index < -0.39 is 0 Å². The van der Waals surface area contributed by atoms with Gasteiger partial charge in [0.1, 0.15) is 0 Å². The molecule has 4 nitrogen and oxygen atoms in total. The van der Waals surface area contributed by atoms with E-state index in [0.717, 1.165) is 13.2 Å². The Bertz CT molecular complexity index is 201. The van der Waals surface area contributed by atoms with Crippen LogP contribution in [-0.2, 0) is 9.47 Å². The molecule has 0 aromatic rings. The minimum Gasteiger partial charge on any atom is -0.383 e. The van der Waals surface area contributed by atoms with E-state index in [-0.39, 0.29) is 11.6 Å². The Morgan fingerprint density at radius 3 is 2.73 bits per heavy atom. The summed E-state index contributed by atoms with van der Waals surface area (Å²) in [5.41, 5.74) is 5.79. The van der Waals surface area contributed by atoms with Crippen LogP contribution in [-0.4, -0.2) is 56.0 Å². The Morgan fingerprint density at radius 2 is 2.20 bits per heavy atom. The van der Waals surface area contributed by atoms with Gasteiger partial charge in [0, 0.05) is 26.2 Å². The minimum absolute atomic E-state index is 0.0772. The molecule has 1 heterocycles. The zero-order chi connectivity index (χ0) is 11.5. The van der Waals surface area contributed by atoms with Crippen LogP contribution in [0.5, 0.6) is 0 Å². The van der Waals surface area contributed by atoms with Crippen molar-refractivity contribution in [1.29, 1.82) is 0 Å². The predicted octanol–water partition coefficient (Wildman–Crippen LogP) is 0.459. The van der Waals surface area contributed by atoms with Gasteiger partial charge in [0.2, 0.25) is 0 Å². The Kier molecular flexibility index (Phi) is 4.52. The number of methoxy groups -OCH3 is 1. The molecule has 0 saturated carbocycles. The van der Waals surface area contributed by atoms with E-state index in [9.17, 15) is 0 Å². The van der Waals surface area contributed by atoms with Crippen molar-refractivity contribution in [2.45, 2.75) is 38.5 Å². The molecule has 1 rings (SSSR count).